The molecule has 4 heterocycles. The van der Waals surface area contributed by atoms with E-state index in [4.69, 9.17) is 0 Å². The monoisotopic (exact) mass is 1060 g/mol. The lowest BCUT2D eigenvalue weighted by atomic mass is 9.85. The molecule has 0 unspecified atom stereocenters. The molecule has 76 heavy (non-hydrogen) atoms. The summed E-state index contributed by atoms with van der Waals surface area (Å²) in [6, 6.07) is 21.6. The summed E-state index contributed by atoms with van der Waals surface area (Å²) in [5.74, 6) is -1.34. The zero-order chi connectivity index (χ0) is 54.9. The van der Waals surface area contributed by atoms with Gasteiger partial charge in [0.15, 0.2) is 5.82 Å². The van der Waals surface area contributed by atoms with Gasteiger partial charge >= 0.3 is 6.03 Å². The fourth-order valence-corrected chi connectivity index (χ4v) is 10.7. The van der Waals surface area contributed by atoms with Crippen LogP contribution < -0.4 is 26.6 Å². The van der Waals surface area contributed by atoms with Gasteiger partial charge < -0.3 is 46.4 Å². The molecule has 3 aromatic carbocycles. The predicted molar refractivity (Wildman–Crippen MR) is 294 cm³/mol. The van der Waals surface area contributed by atoms with Crippen molar-refractivity contribution >= 4 is 52.7 Å². The third-order valence-corrected chi connectivity index (χ3v) is 15.3. The Hall–Kier alpha value is -6.96. The maximum Gasteiger partial charge on any atom is 0.319 e. The van der Waals surface area contributed by atoms with Crippen molar-refractivity contribution in [1.82, 2.24) is 51.1 Å². The average molecular weight is 1060 g/mol. The van der Waals surface area contributed by atoms with E-state index in [-0.39, 0.29) is 61.8 Å². The fraction of sp³-hybridized carbons (Fsp3) is 0.474. The number of likely N-dealkylation sites (tertiary alicyclic amines) is 1. The number of amides is 7. The Morgan fingerprint density at radius 2 is 1.51 bits per heavy atom. The number of unbranched alkanes of at least 4 members (excludes halogenated alkanes) is 4. The number of hydrogen-bond donors (Lipinski definition) is 7. The van der Waals surface area contributed by atoms with Crippen LogP contribution in [0.15, 0.2) is 84.4 Å². The van der Waals surface area contributed by atoms with E-state index < -0.39 is 41.0 Å². The summed E-state index contributed by atoms with van der Waals surface area (Å²) >= 11 is 1.57. The molecule has 1 saturated heterocycles. The second-order valence-corrected chi connectivity index (χ2v) is 22.8. The van der Waals surface area contributed by atoms with Gasteiger partial charge in [-0.3, -0.25) is 29.1 Å². The molecule has 5 atom stereocenters. The van der Waals surface area contributed by atoms with Gasteiger partial charge in [0.25, 0.3) is 11.8 Å². The number of nitrogens with one attached hydrogen (secondary N) is 6. The van der Waals surface area contributed by atoms with Crippen LogP contribution in [0.5, 0.6) is 0 Å². The van der Waals surface area contributed by atoms with Crippen LogP contribution in [0.4, 0.5) is 10.6 Å². The van der Waals surface area contributed by atoms with Crippen molar-refractivity contribution in [2.75, 3.05) is 39.0 Å². The molecule has 0 saturated carbocycles. The number of rotatable bonds is 21. The van der Waals surface area contributed by atoms with Gasteiger partial charge in [-0.05, 0) is 101 Å². The number of fused-ring (bicyclic) bond motifs is 1. The van der Waals surface area contributed by atoms with E-state index in [2.05, 4.69) is 41.8 Å². The number of thiazole rings is 1. The highest BCUT2D eigenvalue weighted by Gasteiger charge is 2.46. The number of benzene rings is 3. The molecule has 0 aliphatic carbocycles. The molecule has 7 amide bonds. The van der Waals surface area contributed by atoms with Crippen molar-refractivity contribution in [2.45, 2.75) is 136 Å². The molecule has 406 valence electrons. The second-order valence-electron chi connectivity index (χ2n) is 21.9. The summed E-state index contributed by atoms with van der Waals surface area (Å²) in [5.41, 5.74) is 6.55. The van der Waals surface area contributed by atoms with Gasteiger partial charge in [0, 0.05) is 49.2 Å². The Kier molecular flexibility index (Phi) is 18.5. The minimum Gasteiger partial charge on any atom is -0.391 e. The summed E-state index contributed by atoms with van der Waals surface area (Å²) in [7, 11) is 3.93. The number of H-pyrrole nitrogens is 1. The number of likely N-dealkylation sites (N-methyl/N-ethyl adjacent to an activating group) is 1. The van der Waals surface area contributed by atoms with Gasteiger partial charge in [0.1, 0.15) is 12.1 Å². The van der Waals surface area contributed by atoms with Crippen molar-refractivity contribution in [2.24, 2.45) is 5.41 Å². The van der Waals surface area contributed by atoms with Crippen molar-refractivity contribution < 1.29 is 33.9 Å². The third kappa shape index (κ3) is 13.9. The second kappa shape index (κ2) is 24.8. The van der Waals surface area contributed by atoms with Gasteiger partial charge in [0.2, 0.25) is 17.7 Å². The van der Waals surface area contributed by atoms with E-state index in [0.29, 0.717) is 36.5 Å². The van der Waals surface area contributed by atoms with Gasteiger partial charge in [-0.1, -0.05) is 94.6 Å². The quantitative estimate of drug-likeness (QED) is 0.0356. The normalized spacial score (nSPS) is 17.1. The van der Waals surface area contributed by atoms with Gasteiger partial charge in [-0.2, -0.15) is 5.10 Å². The molecule has 7 rings (SSSR count). The highest BCUT2D eigenvalue weighted by Crippen LogP contribution is 2.41. The summed E-state index contributed by atoms with van der Waals surface area (Å²) < 4.78 is 0. The average Bonchev–Trinajstić information content (AvgIpc) is 4.22. The lowest BCUT2D eigenvalue weighted by molar-refractivity contribution is -0.144. The highest BCUT2D eigenvalue weighted by molar-refractivity contribution is 7.13. The molecule has 2 aromatic heterocycles. The molecule has 0 radical (unpaired) electrons. The van der Waals surface area contributed by atoms with Crippen LogP contribution in [0.3, 0.4) is 0 Å². The van der Waals surface area contributed by atoms with E-state index in [1.807, 2.05) is 128 Å². The van der Waals surface area contributed by atoms with Crippen LogP contribution in [0, 0.1) is 12.3 Å². The zero-order valence-electron chi connectivity index (χ0n) is 45.3. The Labute approximate surface area is 450 Å². The van der Waals surface area contributed by atoms with Crippen LogP contribution in [-0.4, -0.2) is 122 Å². The zero-order valence-corrected chi connectivity index (χ0v) is 46.1. The molecule has 19 heteroatoms. The van der Waals surface area contributed by atoms with E-state index in [9.17, 15) is 33.9 Å². The molecular formula is C57H75N11O7S. The Morgan fingerprint density at radius 3 is 2.16 bits per heavy atom. The van der Waals surface area contributed by atoms with Crippen molar-refractivity contribution in [3.8, 4) is 10.4 Å². The summed E-state index contributed by atoms with van der Waals surface area (Å²) in [6.07, 6.45) is 3.27. The first-order valence-corrected chi connectivity index (χ1v) is 27.1. The molecule has 0 spiro atoms. The summed E-state index contributed by atoms with van der Waals surface area (Å²) in [4.78, 5) is 91.9. The maximum absolute atomic E-state index is 14.1. The number of aliphatic hydroxyl groups excluding tert-OH is 1. The number of urea groups is 1. The third-order valence-electron chi connectivity index (χ3n) is 14.3. The molecule has 2 aliphatic heterocycles. The largest absolute Gasteiger partial charge is 0.391 e. The van der Waals surface area contributed by atoms with Crippen LogP contribution in [0.2, 0.25) is 0 Å². The number of carbonyl (C=O) groups is 6. The fourth-order valence-electron chi connectivity index (χ4n) is 9.90. The first kappa shape index (κ1) is 56.8. The number of aromatic nitrogens is 3. The molecule has 5 aromatic rings. The summed E-state index contributed by atoms with van der Waals surface area (Å²) in [5, 5.41) is 33.1. The molecular weight excluding hydrogens is 983 g/mol. The van der Waals surface area contributed by atoms with E-state index in [1.54, 1.807) is 40.5 Å². The van der Waals surface area contributed by atoms with Crippen molar-refractivity contribution in [3.05, 3.63) is 124 Å². The smallest absolute Gasteiger partial charge is 0.319 e. The summed E-state index contributed by atoms with van der Waals surface area (Å²) in [6.45, 7) is 14.6. The van der Waals surface area contributed by atoms with Crippen molar-refractivity contribution in [1.29, 1.82) is 0 Å². The number of β-amino-alcohol motifs (C(OH)–C–C–N with tert-alkyl or cyclic N) is 1. The number of aryl methyl sites for hydroxylation is 1. The van der Waals surface area contributed by atoms with Crippen LogP contribution in [0.1, 0.15) is 147 Å². The highest BCUT2D eigenvalue weighted by atomic mass is 32.1. The Bertz CT molecular complexity index is 2820. The number of anilines is 1. The first-order valence-electron chi connectivity index (χ1n) is 26.3. The minimum atomic E-state index is -0.907. The topological polar surface area (TPSA) is 234 Å². The molecule has 0 bridgehead atoms. The number of hydrogen-bond acceptors (Lipinski definition) is 11. The van der Waals surface area contributed by atoms with Gasteiger partial charge in [-0.15, -0.1) is 11.3 Å². The van der Waals surface area contributed by atoms with E-state index in [1.165, 1.54) is 4.90 Å². The minimum absolute atomic E-state index is 0.00481. The SMILES string of the molecule is Cc1ncsc1-c1ccc([C@H](C)NC(=O)[C@@H]2C[C@@H](O)CN2C(=O)[C@@H](NC(=O)CCCCCCCNC(=O)c2ccc(C(=O)Nc3n[nH]c4c3CN(C(=O)N[C@H](CN(C)C)c3ccccc3)C4(C)C)cc2)C(C)(C)C)cc1. The van der Waals surface area contributed by atoms with Gasteiger partial charge in [0.05, 0.1) is 52.0 Å². The molecule has 7 N–H and O–H groups in total. The van der Waals surface area contributed by atoms with Crippen LogP contribution >= 0.6 is 11.3 Å². The van der Waals surface area contributed by atoms with Crippen LogP contribution in [0.25, 0.3) is 10.4 Å². The molecule has 1 fully saturated rings. The van der Waals surface area contributed by atoms with E-state index in [0.717, 1.165) is 64.2 Å². The van der Waals surface area contributed by atoms with Crippen molar-refractivity contribution in [3.63, 3.8) is 0 Å². The van der Waals surface area contributed by atoms with Gasteiger partial charge in [-0.25, -0.2) is 9.78 Å². The number of aromatic amines is 1. The number of nitrogens with zero attached hydrogens (tertiary/aromatic N) is 5. The predicted octanol–water partition coefficient (Wildman–Crippen LogP) is 7.60. The lowest BCUT2D eigenvalue weighted by Crippen LogP contribution is -2.57. The number of aliphatic hydroxyl groups is 1. The first-order chi connectivity index (χ1) is 36.1. The lowest BCUT2D eigenvalue weighted by Gasteiger charge is -2.35. The van der Waals surface area contributed by atoms with Crippen LogP contribution in [-0.2, 0) is 26.5 Å². The molecule has 18 nitrogen and oxygen atoms in total. The Balaban J connectivity index is 0.804. The molecule has 2 aliphatic rings. The van der Waals surface area contributed by atoms with E-state index >= 15 is 0 Å². The number of carbonyl (C=O) groups excluding carboxylic acids is 6. The standard InChI is InChI=1S/C57H75N11O7S/c1-35(37-21-23-39(24-22-37)47-36(2)59-34-76-47)60-53(73)45-30-42(69)31-67(45)54(74)49(56(3,4)5)62-46(70)20-16-11-10-12-17-29-58-51(71)40-25-27-41(28-26-40)52(72)63-50-43-32-68(57(6,7)48(43)64-65-50)55(75)61-44(33-66(8)9)38-18-14-13-15-19-38/h13-15,18-19,21-28,34-35,42,44-45,49,69H,10-12,16-17,20,29-33H2,1-9H3,(H,58,71)(H,60,73)(H,61,75)(H,62,70)(H2,63,64,65,72)/t35-,42+,44+,45-,49+/m0/s1. The Morgan fingerprint density at radius 1 is 0.855 bits per heavy atom. The maximum atomic E-state index is 14.1.